The Kier molecular flexibility index (Phi) is 1.85. The van der Waals surface area contributed by atoms with Gasteiger partial charge in [0.15, 0.2) is 0 Å². The molecule has 13 heavy (non-hydrogen) atoms. The predicted molar refractivity (Wildman–Crippen MR) is 45.3 cm³/mol. The van der Waals surface area contributed by atoms with Gasteiger partial charge in [-0.15, -0.1) is 0 Å². The summed E-state index contributed by atoms with van der Waals surface area (Å²) in [6.07, 6.45) is 1.58. The molecule has 0 aliphatic carbocycles. The quantitative estimate of drug-likeness (QED) is 0.612. The fourth-order valence-corrected chi connectivity index (χ4v) is 1.26. The molecule has 0 saturated carbocycles. The van der Waals surface area contributed by atoms with Crippen molar-refractivity contribution in [2.24, 2.45) is 0 Å². The molecule has 0 spiro atoms. The fourth-order valence-electron chi connectivity index (χ4n) is 1.26. The molecule has 2 nitrogen and oxygen atoms in total. The molecule has 0 amide bonds. The van der Waals surface area contributed by atoms with Gasteiger partial charge < -0.3 is 4.74 Å². The van der Waals surface area contributed by atoms with Crippen LogP contribution < -0.4 is 0 Å². The Morgan fingerprint density at radius 1 is 1.31 bits per heavy atom. The van der Waals surface area contributed by atoms with Crippen molar-refractivity contribution in [1.82, 2.24) is 0 Å². The number of ether oxygens (including phenoxy) is 1. The number of benzene rings is 1. The van der Waals surface area contributed by atoms with Crippen molar-refractivity contribution in [3.63, 3.8) is 0 Å². The van der Waals surface area contributed by atoms with Gasteiger partial charge in [0.25, 0.3) is 0 Å². The first-order valence-electron chi connectivity index (χ1n) is 3.91. The van der Waals surface area contributed by atoms with Gasteiger partial charge in [-0.2, -0.15) is 0 Å². The van der Waals surface area contributed by atoms with Gasteiger partial charge in [0.2, 0.25) is 0 Å². The zero-order chi connectivity index (χ0) is 9.26. The lowest BCUT2D eigenvalue weighted by Crippen LogP contribution is -2.00. The zero-order valence-electron chi connectivity index (χ0n) is 6.79. The molecule has 0 atom stereocenters. The molecule has 66 valence electrons. The lowest BCUT2D eigenvalue weighted by molar-refractivity contribution is -0.133. The molecule has 0 N–H and O–H groups in total. The number of cyclic esters (lactones) is 1. The summed E-state index contributed by atoms with van der Waals surface area (Å²) in [6.45, 7) is 0.239. The Hall–Kier alpha value is -1.64. The van der Waals surface area contributed by atoms with Crippen LogP contribution in [0.3, 0.4) is 0 Å². The summed E-state index contributed by atoms with van der Waals surface area (Å²) in [5.74, 6) is -0.849. The van der Waals surface area contributed by atoms with Crippen LogP contribution in [0.1, 0.15) is 5.56 Å². The molecule has 0 radical (unpaired) electrons. The zero-order valence-corrected chi connectivity index (χ0v) is 6.79. The van der Waals surface area contributed by atoms with Crippen LogP contribution in [0.15, 0.2) is 30.3 Å². The van der Waals surface area contributed by atoms with Crippen molar-refractivity contribution in [2.75, 3.05) is 6.61 Å². The van der Waals surface area contributed by atoms with Gasteiger partial charge in [-0.1, -0.05) is 18.2 Å². The molecule has 0 saturated heterocycles. The van der Waals surface area contributed by atoms with E-state index < -0.39 is 11.8 Å². The second kappa shape index (κ2) is 3.01. The highest BCUT2D eigenvalue weighted by atomic mass is 19.1. The number of esters is 1. The maximum atomic E-state index is 13.2. The van der Waals surface area contributed by atoms with Crippen LogP contribution in [0.25, 0.3) is 5.57 Å². The van der Waals surface area contributed by atoms with Gasteiger partial charge in [-0.3, -0.25) is 0 Å². The van der Waals surface area contributed by atoms with E-state index in [1.165, 1.54) is 6.07 Å². The number of carbonyl (C=O) groups excluding carboxylic acids is 1. The summed E-state index contributed by atoms with van der Waals surface area (Å²) in [7, 11) is 0. The van der Waals surface area contributed by atoms with E-state index in [0.717, 1.165) is 0 Å². The van der Waals surface area contributed by atoms with Crippen LogP contribution in [0, 0.1) is 5.82 Å². The van der Waals surface area contributed by atoms with Gasteiger partial charge in [0.1, 0.15) is 12.4 Å². The summed E-state index contributed by atoms with van der Waals surface area (Å²) in [6, 6.07) is 6.15. The first kappa shape index (κ1) is 7.98. The lowest BCUT2D eigenvalue weighted by Gasteiger charge is -2.00. The van der Waals surface area contributed by atoms with Crippen molar-refractivity contribution < 1.29 is 13.9 Å². The Balaban J connectivity index is 2.46. The summed E-state index contributed by atoms with van der Waals surface area (Å²) in [4.78, 5) is 11.1. The third kappa shape index (κ3) is 1.33. The molecule has 1 heterocycles. The van der Waals surface area contributed by atoms with Crippen LogP contribution in [-0.2, 0) is 9.53 Å². The minimum absolute atomic E-state index is 0.239. The number of hydrogen-bond donors (Lipinski definition) is 0. The molecule has 1 aromatic rings. The highest BCUT2D eigenvalue weighted by Crippen LogP contribution is 2.22. The minimum atomic E-state index is -0.454. The van der Waals surface area contributed by atoms with Gasteiger partial charge in [-0.05, 0) is 12.1 Å². The predicted octanol–water partition coefficient (Wildman–Crippen LogP) is 1.77. The fraction of sp³-hybridized carbons (Fsp3) is 0.100. The van der Waals surface area contributed by atoms with E-state index in [1.54, 1.807) is 24.3 Å². The van der Waals surface area contributed by atoms with E-state index in [1.807, 2.05) is 0 Å². The second-order valence-corrected chi connectivity index (χ2v) is 2.70. The number of hydrogen-bond acceptors (Lipinski definition) is 2. The van der Waals surface area contributed by atoms with Gasteiger partial charge >= 0.3 is 5.97 Å². The first-order valence-corrected chi connectivity index (χ1v) is 3.91. The second-order valence-electron chi connectivity index (χ2n) is 2.70. The van der Waals surface area contributed by atoms with E-state index in [9.17, 15) is 9.18 Å². The highest BCUT2D eigenvalue weighted by Gasteiger charge is 2.20. The molecular formula is C10H7FO2. The molecule has 2 rings (SSSR count). The summed E-state index contributed by atoms with van der Waals surface area (Å²) in [5, 5.41) is 0. The number of rotatable bonds is 1. The summed E-state index contributed by atoms with van der Waals surface area (Å²) >= 11 is 0. The maximum Gasteiger partial charge on any atom is 0.338 e. The van der Waals surface area contributed by atoms with E-state index in [-0.39, 0.29) is 6.61 Å². The van der Waals surface area contributed by atoms with E-state index in [4.69, 9.17) is 0 Å². The lowest BCUT2D eigenvalue weighted by atomic mass is 10.1. The SMILES string of the molecule is O=C1OCC=C1c1ccccc1F. The van der Waals surface area contributed by atoms with Gasteiger partial charge in [0.05, 0.1) is 5.57 Å². The van der Waals surface area contributed by atoms with Crippen molar-refractivity contribution in [1.29, 1.82) is 0 Å². The Morgan fingerprint density at radius 2 is 2.08 bits per heavy atom. The van der Waals surface area contributed by atoms with E-state index in [2.05, 4.69) is 4.74 Å². The number of carbonyl (C=O) groups is 1. The average molecular weight is 178 g/mol. The topological polar surface area (TPSA) is 26.3 Å². The third-order valence-electron chi connectivity index (χ3n) is 1.89. The molecule has 0 bridgehead atoms. The largest absolute Gasteiger partial charge is 0.458 e. The molecule has 1 aromatic carbocycles. The Labute approximate surface area is 74.6 Å². The molecule has 0 fully saturated rings. The average Bonchev–Trinajstić information content (AvgIpc) is 2.52. The van der Waals surface area contributed by atoms with Crippen LogP contribution >= 0.6 is 0 Å². The van der Waals surface area contributed by atoms with Gasteiger partial charge in [0, 0.05) is 5.56 Å². The highest BCUT2D eigenvalue weighted by molar-refractivity contribution is 6.18. The van der Waals surface area contributed by atoms with Crippen molar-refractivity contribution in [3.8, 4) is 0 Å². The molecule has 1 aliphatic heterocycles. The normalized spacial score (nSPS) is 15.5. The van der Waals surface area contributed by atoms with Crippen LogP contribution in [0.4, 0.5) is 4.39 Å². The Morgan fingerprint density at radius 3 is 2.69 bits per heavy atom. The molecular weight excluding hydrogens is 171 g/mol. The third-order valence-corrected chi connectivity index (χ3v) is 1.89. The number of halogens is 1. The maximum absolute atomic E-state index is 13.2. The summed E-state index contributed by atoms with van der Waals surface area (Å²) < 4.78 is 17.8. The van der Waals surface area contributed by atoms with Crippen LogP contribution in [0.2, 0.25) is 0 Å². The Bertz CT molecular complexity index is 382. The first-order chi connectivity index (χ1) is 6.29. The molecule has 0 unspecified atom stereocenters. The molecule has 3 heteroatoms. The minimum Gasteiger partial charge on any atom is -0.458 e. The van der Waals surface area contributed by atoms with Crippen LogP contribution in [-0.4, -0.2) is 12.6 Å². The van der Waals surface area contributed by atoms with E-state index >= 15 is 0 Å². The smallest absolute Gasteiger partial charge is 0.338 e. The van der Waals surface area contributed by atoms with Crippen molar-refractivity contribution in [2.45, 2.75) is 0 Å². The molecule has 0 aromatic heterocycles. The van der Waals surface area contributed by atoms with Gasteiger partial charge in [-0.25, -0.2) is 9.18 Å². The molecule has 1 aliphatic rings. The standard InChI is InChI=1S/C10H7FO2/c11-9-4-2-1-3-7(9)8-5-6-13-10(8)12/h1-5H,6H2. The van der Waals surface area contributed by atoms with E-state index in [0.29, 0.717) is 11.1 Å². The van der Waals surface area contributed by atoms with Crippen LogP contribution in [0.5, 0.6) is 0 Å². The summed E-state index contributed by atoms with van der Waals surface area (Å²) in [5.41, 5.74) is 0.628. The van der Waals surface area contributed by atoms with Crippen molar-refractivity contribution >= 4 is 11.5 Å². The monoisotopic (exact) mass is 178 g/mol. The van der Waals surface area contributed by atoms with Crippen molar-refractivity contribution in [3.05, 3.63) is 41.7 Å².